The van der Waals surface area contributed by atoms with Gasteiger partial charge in [-0.2, -0.15) is 4.98 Å². The Morgan fingerprint density at radius 1 is 1.18 bits per heavy atom. The molecule has 144 valence electrons. The number of nitrogens with zero attached hydrogens (tertiary/aromatic N) is 3. The molecular formula is C21H20FN3O3. The van der Waals surface area contributed by atoms with E-state index in [1.165, 1.54) is 12.1 Å². The lowest BCUT2D eigenvalue weighted by molar-refractivity contribution is -0.121. The lowest BCUT2D eigenvalue weighted by Crippen LogP contribution is -2.38. The molecule has 0 radical (unpaired) electrons. The first-order valence-corrected chi connectivity index (χ1v) is 8.97. The Hall–Kier alpha value is -3.22. The lowest BCUT2D eigenvalue weighted by Gasteiger charge is -2.30. The molecule has 1 aromatic heterocycles. The summed E-state index contributed by atoms with van der Waals surface area (Å²) in [5.74, 6) is 0.609. The van der Waals surface area contributed by atoms with Crippen LogP contribution in [0.3, 0.4) is 0 Å². The molecule has 0 atom stereocenters. The first-order valence-electron chi connectivity index (χ1n) is 8.97. The van der Waals surface area contributed by atoms with E-state index in [-0.39, 0.29) is 42.0 Å². The zero-order chi connectivity index (χ0) is 19.9. The van der Waals surface area contributed by atoms with Crippen molar-refractivity contribution in [3.8, 4) is 17.1 Å². The van der Waals surface area contributed by atoms with Crippen LogP contribution in [0.2, 0.25) is 0 Å². The highest BCUT2D eigenvalue weighted by Crippen LogP contribution is 2.37. The van der Waals surface area contributed by atoms with Crippen molar-refractivity contribution in [3.63, 3.8) is 0 Å². The van der Waals surface area contributed by atoms with E-state index >= 15 is 0 Å². The number of halogens is 1. The van der Waals surface area contributed by atoms with Crippen LogP contribution < -0.4 is 9.64 Å². The van der Waals surface area contributed by atoms with Crippen molar-refractivity contribution < 1.29 is 18.4 Å². The smallest absolute Gasteiger partial charge is 0.265 e. The zero-order valence-electron chi connectivity index (χ0n) is 15.9. The number of hydrogen-bond donors (Lipinski definition) is 0. The Bertz CT molecular complexity index is 1040. The summed E-state index contributed by atoms with van der Waals surface area (Å²) in [6.07, 6.45) is 0. The molecule has 0 unspecified atom stereocenters. The average molecular weight is 381 g/mol. The second-order valence-corrected chi connectivity index (χ2v) is 7.72. The molecule has 0 saturated carbocycles. The van der Waals surface area contributed by atoms with Gasteiger partial charge in [-0.25, -0.2) is 4.39 Å². The number of carbonyl (C=O) groups is 1. The fraction of sp³-hybridized carbons (Fsp3) is 0.286. The largest absolute Gasteiger partial charge is 0.482 e. The normalized spacial score (nSPS) is 14.0. The molecule has 1 amide bonds. The molecule has 0 spiro atoms. The van der Waals surface area contributed by atoms with Crippen molar-refractivity contribution in [2.45, 2.75) is 32.7 Å². The molecule has 4 rings (SSSR count). The van der Waals surface area contributed by atoms with E-state index in [9.17, 15) is 9.18 Å². The minimum absolute atomic E-state index is 0.0489. The fourth-order valence-electron chi connectivity index (χ4n) is 3.04. The minimum Gasteiger partial charge on any atom is -0.482 e. The number of anilines is 1. The Kier molecular flexibility index (Phi) is 4.37. The van der Waals surface area contributed by atoms with Gasteiger partial charge < -0.3 is 9.26 Å². The van der Waals surface area contributed by atoms with E-state index < -0.39 is 0 Å². The van der Waals surface area contributed by atoms with Crippen LogP contribution >= 0.6 is 0 Å². The van der Waals surface area contributed by atoms with Crippen molar-refractivity contribution in [2.75, 3.05) is 11.5 Å². The van der Waals surface area contributed by atoms with Crippen LogP contribution in [0.25, 0.3) is 11.4 Å². The Morgan fingerprint density at radius 3 is 2.75 bits per heavy atom. The van der Waals surface area contributed by atoms with Crippen molar-refractivity contribution in [3.05, 3.63) is 59.7 Å². The van der Waals surface area contributed by atoms with Crippen LogP contribution in [0, 0.1) is 5.82 Å². The van der Waals surface area contributed by atoms with Crippen LogP contribution in [0.5, 0.6) is 5.75 Å². The number of benzene rings is 2. The van der Waals surface area contributed by atoms with Gasteiger partial charge in [0.1, 0.15) is 18.1 Å². The fourth-order valence-corrected chi connectivity index (χ4v) is 3.04. The van der Waals surface area contributed by atoms with Gasteiger partial charge in [-0.05, 0) is 35.2 Å². The summed E-state index contributed by atoms with van der Waals surface area (Å²) >= 11 is 0. The molecule has 0 bridgehead atoms. The molecule has 2 aromatic carbocycles. The third kappa shape index (κ3) is 3.47. The predicted molar refractivity (Wildman–Crippen MR) is 102 cm³/mol. The second kappa shape index (κ2) is 6.74. The molecule has 0 N–H and O–H groups in total. The topological polar surface area (TPSA) is 68.5 Å². The first kappa shape index (κ1) is 18.2. The van der Waals surface area contributed by atoms with Gasteiger partial charge >= 0.3 is 0 Å². The monoisotopic (exact) mass is 381 g/mol. The lowest BCUT2D eigenvalue weighted by atomic mass is 9.86. The number of hydrogen-bond acceptors (Lipinski definition) is 5. The Balaban J connectivity index is 1.65. The Morgan fingerprint density at radius 2 is 2.00 bits per heavy atom. The van der Waals surface area contributed by atoms with Crippen molar-refractivity contribution in [2.24, 2.45) is 0 Å². The van der Waals surface area contributed by atoms with Gasteiger partial charge in [0, 0.05) is 5.56 Å². The predicted octanol–water partition coefficient (Wildman–Crippen LogP) is 4.10. The highest BCUT2D eigenvalue weighted by molar-refractivity contribution is 5.97. The van der Waals surface area contributed by atoms with Gasteiger partial charge in [0.25, 0.3) is 5.91 Å². The summed E-state index contributed by atoms with van der Waals surface area (Å²) in [7, 11) is 0. The molecule has 7 heteroatoms. The van der Waals surface area contributed by atoms with E-state index in [4.69, 9.17) is 9.26 Å². The van der Waals surface area contributed by atoms with Gasteiger partial charge in [0.15, 0.2) is 6.61 Å². The van der Waals surface area contributed by atoms with Crippen LogP contribution in [0.15, 0.2) is 47.0 Å². The average Bonchev–Trinajstić information content (AvgIpc) is 3.12. The van der Waals surface area contributed by atoms with E-state index in [0.29, 0.717) is 17.0 Å². The van der Waals surface area contributed by atoms with E-state index in [2.05, 4.69) is 30.9 Å². The third-order valence-electron chi connectivity index (χ3n) is 4.61. The number of amides is 1. The standard InChI is InChI=1S/C21H20FN3O3/c1-21(2,3)14-7-8-17-16(10-14)25(19(26)12-27-17)11-18-23-20(24-28-18)13-5-4-6-15(22)9-13/h4-10H,11-12H2,1-3H3. The Labute approximate surface area is 161 Å². The van der Waals surface area contributed by atoms with Crippen LogP contribution in [-0.4, -0.2) is 22.7 Å². The number of carbonyl (C=O) groups excluding carboxylic acids is 1. The van der Waals surface area contributed by atoms with Crippen LogP contribution in [0.4, 0.5) is 10.1 Å². The van der Waals surface area contributed by atoms with Crippen LogP contribution in [0.1, 0.15) is 32.2 Å². The van der Waals surface area contributed by atoms with Crippen molar-refractivity contribution in [1.82, 2.24) is 10.1 Å². The van der Waals surface area contributed by atoms with E-state index in [0.717, 1.165) is 5.56 Å². The summed E-state index contributed by atoms with van der Waals surface area (Å²) in [4.78, 5) is 18.4. The highest BCUT2D eigenvalue weighted by Gasteiger charge is 2.29. The number of rotatable bonds is 3. The highest BCUT2D eigenvalue weighted by atomic mass is 19.1. The maximum atomic E-state index is 13.4. The summed E-state index contributed by atoms with van der Waals surface area (Å²) in [5.41, 5.74) is 2.20. The maximum absolute atomic E-state index is 13.4. The number of aromatic nitrogens is 2. The van der Waals surface area contributed by atoms with Gasteiger partial charge in [0.05, 0.1) is 5.69 Å². The minimum atomic E-state index is -0.379. The zero-order valence-corrected chi connectivity index (χ0v) is 15.9. The summed E-state index contributed by atoms with van der Waals surface area (Å²) in [5, 5.41) is 3.91. The van der Waals surface area contributed by atoms with E-state index in [1.807, 2.05) is 18.2 Å². The molecule has 0 aliphatic carbocycles. The van der Waals surface area contributed by atoms with Gasteiger partial charge in [0.2, 0.25) is 11.7 Å². The second-order valence-electron chi connectivity index (χ2n) is 7.72. The van der Waals surface area contributed by atoms with Gasteiger partial charge in [-0.15, -0.1) is 0 Å². The molecule has 0 fully saturated rings. The molecule has 1 aliphatic heterocycles. The first-order chi connectivity index (χ1) is 13.3. The summed E-state index contributed by atoms with van der Waals surface area (Å²) in [6, 6.07) is 11.8. The SMILES string of the molecule is CC(C)(C)c1ccc2c(c1)N(Cc1nc(-c3cccc(F)c3)no1)C(=O)CO2. The van der Waals surface area contributed by atoms with Gasteiger partial charge in [-0.1, -0.05) is 44.1 Å². The number of ether oxygens (including phenoxy) is 1. The summed E-state index contributed by atoms with van der Waals surface area (Å²) < 4.78 is 24.3. The molecule has 1 aliphatic rings. The molecule has 6 nitrogen and oxygen atoms in total. The molecule has 0 saturated heterocycles. The quantitative estimate of drug-likeness (QED) is 0.683. The van der Waals surface area contributed by atoms with Crippen molar-refractivity contribution in [1.29, 1.82) is 0 Å². The molecule has 28 heavy (non-hydrogen) atoms. The van der Waals surface area contributed by atoms with Crippen LogP contribution in [-0.2, 0) is 16.8 Å². The number of fused-ring (bicyclic) bond motifs is 1. The van der Waals surface area contributed by atoms with Crippen molar-refractivity contribution >= 4 is 11.6 Å². The maximum Gasteiger partial charge on any atom is 0.265 e. The molecule has 2 heterocycles. The molecular weight excluding hydrogens is 361 g/mol. The van der Waals surface area contributed by atoms with Gasteiger partial charge in [-0.3, -0.25) is 9.69 Å². The summed E-state index contributed by atoms with van der Waals surface area (Å²) in [6.45, 7) is 6.38. The molecule has 3 aromatic rings. The third-order valence-corrected chi connectivity index (χ3v) is 4.61. The van der Waals surface area contributed by atoms with E-state index in [1.54, 1.807) is 17.0 Å².